The van der Waals surface area contributed by atoms with Crippen molar-refractivity contribution in [3.63, 3.8) is 0 Å². The summed E-state index contributed by atoms with van der Waals surface area (Å²) in [6.07, 6.45) is 0. The second-order valence-corrected chi connectivity index (χ2v) is 6.74. The van der Waals surface area contributed by atoms with Crippen molar-refractivity contribution < 1.29 is 14.3 Å². The Bertz CT molecular complexity index is 737. The summed E-state index contributed by atoms with van der Waals surface area (Å²) in [6, 6.07) is 16.2. The Morgan fingerprint density at radius 2 is 1.88 bits per heavy atom. The summed E-state index contributed by atoms with van der Waals surface area (Å²) < 4.78 is 6.49. The van der Waals surface area contributed by atoms with Crippen LogP contribution < -0.4 is 10.1 Å². The molecule has 0 aliphatic carbocycles. The molecule has 0 saturated carbocycles. The highest BCUT2D eigenvalue weighted by Crippen LogP contribution is 2.16. The van der Waals surface area contributed by atoms with Gasteiger partial charge in [-0.25, -0.2) is 0 Å². The number of hydrogen-bond donors (Lipinski definition) is 1. The molecule has 2 amide bonds. The molecule has 0 aliphatic heterocycles. The number of likely N-dealkylation sites (N-methyl/N-ethyl adjacent to an activating group) is 1. The number of para-hydroxylation sites is 1. The molecular weight excluding hydrogens is 396 g/mol. The summed E-state index contributed by atoms with van der Waals surface area (Å²) in [4.78, 5) is 26.6. The number of ether oxygens (including phenoxy) is 1. The number of rotatable bonds is 8. The Labute approximate surface area is 162 Å². The fourth-order valence-electron chi connectivity index (χ4n) is 2.48. The maximum atomic E-state index is 12.8. The average Bonchev–Trinajstić information content (AvgIpc) is 2.64. The molecule has 26 heavy (non-hydrogen) atoms. The zero-order chi connectivity index (χ0) is 18.9. The average molecular weight is 419 g/mol. The van der Waals surface area contributed by atoms with Crippen molar-refractivity contribution in [3.8, 4) is 5.75 Å². The quantitative estimate of drug-likeness (QED) is 0.714. The molecule has 1 atom stereocenters. The monoisotopic (exact) mass is 418 g/mol. The van der Waals surface area contributed by atoms with Gasteiger partial charge in [0, 0.05) is 17.6 Å². The number of nitrogens with one attached hydrogen (secondary N) is 1. The molecular formula is C20H23BrN2O3. The molecule has 138 valence electrons. The van der Waals surface area contributed by atoms with Crippen LogP contribution in [0.15, 0.2) is 59.1 Å². The molecule has 1 N–H and O–H groups in total. The second kappa shape index (κ2) is 9.97. The maximum absolute atomic E-state index is 12.8. The summed E-state index contributed by atoms with van der Waals surface area (Å²) in [5, 5.41) is 2.77. The van der Waals surface area contributed by atoms with E-state index in [1.54, 1.807) is 19.1 Å². The van der Waals surface area contributed by atoms with Gasteiger partial charge < -0.3 is 15.0 Å². The van der Waals surface area contributed by atoms with Gasteiger partial charge in [0.2, 0.25) is 5.91 Å². The summed E-state index contributed by atoms with van der Waals surface area (Å²) in [7, 11) is 0. The predicted octanol–water partition coefficient (Wildman–Crippen LogP) is 3.38. The van der Waals surface area contributed by atoms with Crippen molar-refractivity contribution in [1.29, 1.82) is 0 Å². The minimum Gasteiger partial charge on any atom is -0.484 e. The zero-order valence-electron chi connectivity index (χ0n) is 14.9. The number of carbonyl (C=O) groups is 2. The van der Waals surface area contributed by atoms with E-state index >= 15 is 0 Å². The summed E-state index contributed by atoms with van der Waals surface area (Å²) in [5.74, 6) is 0.192. The van der Waals surface area contributed by atoms with E-state index in [2.05, 4.69) is 21.2 Å². The first kappa shape index (κ1) is 20.0. The Hall–Kier alpha value is -2.34. The van der Waals surface area contributed by atoms with Gasteiger partial charge in [-0.15, -0.1) is 0 Å². The number of nitrogens with zero attached hydrogens (tertiary/aromatic N) is 1. The first-order valence-electron chi connectivity index (χ1n) is 8.50. The van der Waals surface area contributed by atoms with Gasteiger partial charge in [-0.05, 0) is 43.7 Å². The van der Waals surface area contributed by atoms with Gasteiger partial charge >= 0.3 is 0 Å². The van der Waals surface area contributed by atoms with Crippen LogP contribution >= 0.6 is 15.9 Å². The van der Waals surface area contributed by atoms with Crippen LogP contribution in [0, 0.1) is 0 Å². The molecule has 5 nitrogen and oxygen atoms in total. The molecule has 2 rings (SSSR count). The van der Waals surface area contributed by atoms with Crippen molar-refractivity contribution in [2.24, 2.45) is 0 Å². The standard InChI is InChI=1S/C20H23BrN2O3/c1-3-22-20(25)15(2)23(13-16-8-7-9-17(21)12-16)19(24)14-26-18-10-5-4-6-11-18/h4-12,15H,3,13-14H2,1-2H3,(H,22,25)/t15-/m0/s1. The smallest absolute Gasteiger partial charge is 0.261 e. The van der Waals surface area contributed by atoms with Crippen molar-refractivity contribution in [2.75, 3.05) is 13.2 Å². The van der Waals surface area contributed by atoms with Crippen molar-refractivity contribution >= 4 is 27.7 Å². The number of carbonyl (C=O) groups excluding carboxylic acids is 2. The van der Waals surface area contributed by atoms with Crippen LogP contribution in [0.25, 0.3) is 0 Å². The number of amides is 2. The fraction of sp³-hybridized carbons (Fsp3) is 0.300. The molecule has 2 aromatic rings. The SMILES string of the molecule is CCNC(=O)[C@H](C)N(Cc1cccc(Br)c1)C(=O)COc1ccccc1. The Morgan fingerprint density at radius 1 is 1.15 bits per heavy atom. The van der Waals surface area contributed by atoms with E-state index in [4.69, 9.17) is 4.74 Å². The lowest BCUT2D eigenvalue weighted by Gasteiger charge is -2.28. The maximum Gasteiger partial charge on any atom is 0.261 e. The van der Waals surface area contributed by atoms with E-state index in [1.165, 1.54) is 4.90 Å². The van der Waals surface area contributed by atoms with Gasteiger partial charge in [-0.2, -0.15) is 0 Å². The lowest BCUT2D eigenvalue weighted by atomic mass is 10.1. The third kappa shape index (κ3) is 5.88. The van der Waals surface area contributed by atoms with Gasteiger partial charge in [0.25, 0.3) is 5.91 Å². The van der Waals surface area contributed by atoms with Crippen LogP contribution in [-0.4, -0.2) is 35.9 Å². The van der Waals surface area contributed by atoms with E-state index in [-0.39, 0.29) is 18.4 Å². The largest absolute Gasteiger partial charge is 0.484 e. The first-order valence-corrected chi connectivity index (χ1v) is 9.30. The highest BCUT2D eigenvalue weighted by Gasteiger charge is 2.26. The van der Waals surface area contributed by atoms with Gasteiger partial charge in [-0.3, -0.25) is 9.59 Å². The molecule has 0 unspecified atom stereocenters. The molecule has 0 saturated heterocycles. The lowest BCUT2D eigenvalue weighted by Crippen LogP contribution is -2.49. The van der Waals surface area contributed by atoms with Crippen LogP contribution in [-0.2, 0) is 16.1 Å². The van der Waals surface area contributed by atoms with E-state index < -0.39 is 6.04 Å². The predicted molar refractivity (Wildman–Crippen MR) is 105 cm³/mol. The minimum atomic E-state index is -0.596. The Kier molecular flexibility index (Phi) is 7.66. The molecule has 0 heterocycles. The van der Waals surface area contributed by atoms with Crippen LogP contribution in [0.5, 0.6) is 5.75 Å². The zero-order valence-corrected chi connectivity index (χ0v) is 16.5. The van der Waals surface area contributed by atoms with Gasteiger partial charge in [-0.1, -0.05) is 46.3 Å². The highest BCUT2D eigenvalue weighted by atomic mass is 79.9. The van der Waals surface area contributed by atoms with Gasteiger partial charge in [0.1, 0.15) is 11.8 Å². The van der Waals surface area contributed by atoms with E-state index in [0.717, 1.165) is 10.0 Å². The molecule has 0 spiro atoms. The molecule has 0 radical (unpaired) electrons. The number of hydrogen-bond acceptors (Lipinski definition) is 3. The fourth-order valence-corrected chi connectivity index (χ4v) is 2.93. The van der Waals surface area contributed by atoms with Crippen LogP contribution in [0.2, 0.25) is 0 Å². The van der Waals surface area contributed by atoms with E-state index in [1.807, 2.05) is 49.4 Å². The van der Waals surface area contributed by atoms with E-state index in [0.29, 0.717) is 18.8 Å². The first-order chi connectivity index (χ1) is 12.5. The molecule has 0 aromatic heterocycles. The van der Waals surface area contributed by atoms with Crippen molar-refractivity contribution in [3.05, 3.63) is 64.6 Å². The molecule has 0 aliphatic rings. The van der Waals surface area contributed by atoms with Crippen LogP contribution in [0.4, 0.5) is 0 Å². The van der Waals surface area contributed by atoms with Crippen molar-refractivity contribution in [1.82, 2.24) is 10.2 Å². The molecule has 6 heteroatoms. The number of benzene rings is 2. The molecule has 2 aromatic carbocycles. The molecule has 0 fully saturated rings. The third-order valence-corrected chi connectivity index (χ3v) is 4.36. The third-order valence-electron chi connectivity index (χ3n) is 3.87. The lowest BCUT2D eigenvalue weighted by molar-refractivity contribution is -0.142. The summed E-state index contributed by atoms with van der Waals surface area (Å²) in [5.41, 5.74) is 0.934. The van der Waals surface area contributed by atoms with Crippen LogP contribution in [0.3, 0.4) is 0 Å². The Balaban J connectivity index is 2.12. The Morgan fingerprint density at radius 3 is 2.54 bits per heavy atom. The highest BCUT2D eigenvalue weighted by molar-refractivity contribution is 9.10. The summed E-state index contributed by atoms with van der Waals surface area (Å²) in [6.45, 7) is 4.30. The second-order valence-electron chi connectivity index (χ2n) is 5.82. The van der Waals surface area contributed by atoms with E-state index in [9.17, 15) is 9.59 Å². The minimum absolute atomic E-state index is 0.123. The normalized spacial score (nSPS) is 11.5. The topological polar surface area (TPSA) is 58.6 Å². The molecule has 0 bridgehead atoms. The van der Waals surface area contributed by atoms with Crippen molar-refractivity contribution in [2.45, 2.75) is 26.4 Å². The summed E-state index contributed by atoms with van der Waals surface area (Å²) >= 11 is 3.43. The van der Waals surface area contributed by atoms with Crippen LogP contribution in [0.1, 0.15) is 19.4 Å². The number of halogens is 1. The van der Waals surface area contributed by atoms with Gasteiger partial charge in [0.05, 0.1) is 0 Å². The van der Waals surface area contributed by atoms with Gasteiger partial charge in [0.15, 0.2) is 6.61 Å².